The predicted octanol–water partition coefficient (Wildman–Crippen LogP) is 2.45. The Labute approximate surface area is 163 Å². The van der Waals surface area contributed by atoms with Crippen molar-refractivity contribution < 1.29 is 28.9 Å². The number of benzene rings is 1. The Hall–Kier alpha value is -3.43. The summed E-state index contributed by atoms with van der Waals surface area (Å²) in [5, 5.41) is 15.1. The monoisotopic (exact) mass is 392 g/mol. The van der Waals surface area contributed by atoms with E-state index >= 15 is 0 Å². The molecule has 152 valence electrons. The van der Waals surface area contributed by atoms with Gasteiger partial charge in [-0.3, -0.25) is 0 Å². The van der Waals surface area contributed by atoms with Gasteiger partial charge in [-0.25, -0.2) is 4.79 Å². The third-order valence-corrected chi connectivity index (χ3v) is 3.33. The topological polar surface area (TPSA) is 113 Å². The largest absolute Gasteiger partial charge is 0.465 e. The van der Waals surface area contributed by atoms with Crippen molar-refractivity contribution in [3.8, 4) is 0 Å². The second-order valence-electron chi connectivity index (χ2n) is 5.23. The van der Waals surface area contributed by atoms with Crippen LogP contribution < -0.4 is 0 Å². The van der Waals surface area contributed by atoms with Gasteiger partial charge in [0.2, 0.25) is 0 Å². The van der Waals surface area contributed by atoms with E-state index in [2.05, 4.69) is 25.4 Å². The second kappa shape index (κ2) is 12.8. The van der Waals surface area contributed by atoms with Crippen LogP contribution in [0.4, 0.5) is 0 Å². The molecule has 0 aliphatic heterocycles. The number of ether oxygens (including phenoxy) is 1. The summed E-state index contributed by atoms with van der Waals surface area (Å²) < 4.78 is 4.44. The maximum Gasteiger partial charge on any atom is 0.352 e. The molecule has 0 aliphatic rings. The SMILES string of the molecule is CON=C(C)C(C=NOC(C)c1ccccc1CON=CC(=O)OC)=NOC. The summed E-state index contributed by atoms with van der Waals surface area (Å²) in [6.45, 7) is 3.67. The molecule has 0 spiro atoms. The zero-order valence-corrected chi connectivity index (χ0v) is 16.5. The number of carbonyl (C=O) groups is 1. The van der Waals surface area contributed by atoms with E-state index in [1.165, 1.54) is 27.5 Å². The van der Waals surface area contributed by atoms with Gasteiger partial charge in [0.1, 0.15) is 38.4 Å². The van der Waals surface area contributed by atoms with E-state index < -0.39 is 5.97 Å². The molecular formula is C18H24N4O6. The van der Waals surface area contributed by atoms with E-state index in [1.807, 2.05) is 31.2 Å². The molecule has 0 saturated heterocycles. The van der Waals surface area contributed by atoms with Crippen molar-refractivity contribution in [1.82, 2.24) is 0 Å². The molecule has 0 aromatic heterocycles. The lowest BCUT2D eigenvalue weighted by molar-refractivity contribution is -0.132. The van der Waals surface area contributed by atoms with Gasteiger partial charge >= 0.3 is 5.97 Å². The Balaban J connectivity index is 2.77. The van der Waals surface area contributed by atoms with Gasteiger partial charge in [0.05, 0.1) is 13.3 Å². The molecule has 1 atom stereocenters. The average Bonchev–Trinajstić information content (AvgIpc) is 2.70. The highest BCUT2D eigenvalue weighted by Gasteiger charge is 2.12. The molecule has 0 heterocycles. The van der Waals surface area contributed by atoms with Gasteiger partial charge in [0, 0.05) is 5.56 Å². The lowest BCUT2D eigenvalue weighted by atomic mass is 10.0. The van der Waals surface area contributed by atoms with Crippen molar-refractivity contribution in [2.45, 2.75) is 26.6 Å². The molecule has 0 aliphatic carbocycles. The van der Waals surface area contributed by atoms with Crippen LogP contribution in [0.25, 0.3) is 0 Å². The molecule has 0 amide bonds. The smallest absolute Gasteiger partial charge is 0.352 e. The maximum absolute atomic E-state index is 11.0. The van der Waals surface area contributed by atoms with Crippen LogP contribution in [0.5, 0.6) is 0 Å². The first-order valence-corrected chi connectivity index (χ1v) is 8.23. The van der Waals surface area contributed by atoms with Crippen LogP contribution in [0.3, 0.4) is 0 Å². The molecule has 1 aromatic rings. The van der Waals surface area contributed by atoms with Crippen LogP contribution in [-0.4, -0.2) is 51.2 Å². The first-order chi connectivity index (χ1) is 13.5. The average molecular weight is 392 g/mol. The molecular weight excluding hydrogens is 368 g/mol. The Morgan fingerprint density at radius 1 is 1.07 bits per heavy atom. The van der Waals surface area contributed by atoms with E-state index in [0.717, 1.165) is 17.3 Å². The van der Waals surface area contributed by atoms with Gasteiger partial charge in [-0.15, -0.1) is 0 Å². The maximum atomic E-state index is 11.0. The highest BCUT2D eigenvalue weighted by molar-refractivity contribution is 6.62. The number of carbonyl (C=O) groups excluding carboxylic acids is 1. The second-order valence-corrected chi connectivity index (χ2v) is 5.23. The van der Waals surface area contributed by atoms with E-state index in [-0.39, 0.29) is 12.7 Å². The third kappa shape index (κ3) is 7.85. The minimum atomic E-state index is -0.597. The van der Waals surface area contributed by atoms with Crippen LogP contribution >= 0.6 is 0 Å². The highest BCUT2D eigenvalue weighted by atomic mass is 16.6. The van der Waals surface area contributed by atoms with Crippen LogP contribution in [0.1, 0.15) is 31.1 Å². The molecule has 0 saturated carbocycles. The summed E-state index contributed by atoms with van der Waals surface area (Å²) in [5.41, 5.74) is 2.50. The Morgan fingerprint density at radius 2 is 1.79 bits per heavy atom. The van der Waals surface area contributed by atoms with Gasteiger partial charge in [-0.05, 0) is 19.4 Å². The van der Waals surface area contributed by atoms with Crippen LogP contribution in [-0.2, 0) is 35.5 Å². The molecule has 0 bridgehead atoms. The molecule has 1 rings (SSSR count). The number of oxime groups is 4. The summed E-state index contributed by atoms with van der Waals surface area (Å²) in [5.74, 6) is -0.597. The lowest BCUT2D eigenvalue weighted by Crippen LogP contribution is -2.13. The first-order valence-electron chi connectivity index (χ1n) is 8.23. The molecule has 1 unspecified atom stereocenters. The predicted molar refractivity (Wildman–Crippen MR) is 104 cm³/mol. The minimum Gasteiger partial charge on any atom is -0.465 e. The fourth-order valence-electron chi connectivity index (χ4n) is 2.00. The quantitative estimate of drug-likeness (QED) is 0.325. The van der Waals surface area contributed by atoms with E-state index in [0.29, 0.717) is 11.4 Å². The summed E-state index contributed by atoms with van der Waals surface area (Å²) in [4.78, 5) is 31.1. The number of methoxy groups -OCH3 is 1. The number of hydrogen-bond acceptors (Lipinski definition) is 10. The fraction of sp³-hybridized carbons (Fsp3) is 0.389. The van der Waals surface area contributed by atoms with Crippen molar-refractivity contribution in [2.75, 3.05) is 21.3 Å². The molecule has 28 heavy (non-hydrogen) atoms. The lowest BCUT2D eigenvalue weighted by Gasteiger charge is -2.14. The third-order valence-electron chi connectivity index (χ3n) is 3.33. The Bertz CT molecular complexity index is 745. The van der Waals surface area contributed by atoms with Crippen molar-refractivity contribution in [1.29, 1.82) is 0 Å². The van der Waals surface area contributed by atoms with Gasteiger partial charge in [0.25, 0.3) is 0 Å². The molecule has 0 radical (unpaired) electrons. The van der Waals surface area contributed by atoms with E-state index in [9.17, 15) is 4.79 Å². The van der Waals surface area contributed by atoms with Crippen molar-refractivity contribution in [3.05, 3.63) is 35.4 Å². The van der Waals surface area contributed by atoms with E-state index in [4.69, 9.17) is 19.4 Å². The van der Waals surface area contributed by atoms with Crippen LogP contribution in [0, 0.1) is 0 Å². The molecule has 0 fully saturated rings. The standard InChI is InChI=1S/C18H24N4O6/c1-13(21-25-4)17(22-26-5)10-20-28-14(2)16-9-7-6-8-15(16)12-27-19-11-18(23)24-3/h6-11,14H,12H2,1-5H3. The van der Waals surface area contributed by atoms with Gasteiger partial charge < -0.3 is 24.1 Å². The Kier molecular flexibility index (Phi) is 10.4. The highest BCUT2D eigenvalue weighted by Crippen LogP contribution is 2.22. The van der Waals surface area contributed by atoms with Crippen molar-refractivity contribution in [3.63, 3.8) is 0 Å². The number of rotatable bonds is 11. The van der Waals surface area contributed by atoms with Crippen LogP contribution in [0.2, 0.25) is 0 Å². The van der Waals surface area contributed by atoms with Crippen molar-refractivity contribution in [2.24, 2.45) is 20.6 Å². The molecule has 10 heteroatoms. The van der Waals surface area contributed by atoms with E-state index in [1.54, 1.807) is 6.92 Å². The normalized spacial score (nSPS) is 13.5. The summed E-state index contributed by atoms with van der Waals surface area (Å²) in [6, 6.07) is 7.47. The first kappa shape index (κ1) is 22.6. The summed E-state index contributed by atoms with van der Waals surface area (Å²) >= 11 is 0. The zero-order chi connectivity index (χ0) is 20.8. The molecule has 0 N–H and O–H groups in total. The molecule has 1 aromatic carbocycles. The zero-order valence-electron chi connectivity index (χ0n) is 16.5. The van der Waals surface area contributed by atoms with Crippen molar-refractivity contribution >= 4 is 29.8 Å². The number of nitrogens with zero attached hydrogens (tertiary/aromatic N) is 4. The van der Waals surface area contributed by atoms with Gasteiger partial charge in [-0.1, -0.05) is 44.9 Å². The number of hydrogen-bond donors (Lipinski definition) is 0. The fourth-order valence-corrected chi connectivity index (χ4v) is 2.00. The summed E-state index contributed by atoms with van der Waals surface area (Å²) in [7, 11) is 4.10. The number of esters is 1. The Morgan fingerprint density at radius 3 is 2.46 bits per heavy atom. The summed E-state index contributed by atoms with van der Waals surface area (Å²) in [6.07, 6.45) is 1.94. The van der Waals surface area contributed by atoms with Gasteiger partial charge in [-0.2, -0.15) is 0 Å². The minimum absolute atomic E-state index is 0.150. The van der Waals surface area contributed by atoms with Gasteiger partial charge in [0.15, 0.2) is 6.21 Å². The van der Waals surface area contributed by atoms with Crippen LogP contribution in [0.15, 0.2) is 44.9 Å². The molecule has 10 nitrogen and oxygen atoms in total.